The van der Waals surface area contributed by atoms with Crippen molar-refractivity contribution in [1.82, 2.24) is 16.1 Å². The van der Waals surface area contributed by atoms with Gasteiger partial charge in [-0.3, -0.25) is 24.9 Å². The molecule has 0 aliphatic carbocycles. The molecule has 0 aliphatic rings. The number of carbonyl (C=O) groups excluding carboxylic acids is 3. The van der Waals surface area contributed by atoms with Crippen molar-refractivity contribution in [3.63, 3.8) is 0 Å². The molecule has 3 atom stereocenters. The van der Waals surface area contributed by atoms with Crippen LogP contribution in [-0.2, 0) is 20.8 Å². The molecule has 1 aromatic rings. The Morgan fingerprint density at radius 1 is 1.04 bits per heavy atom. The normalized spacial score (nSPS) is 14.3. The van der Waals surface area contributed by atoms with Gasteiger partial charge in [-0.2, -0.15) is 12.6 Å². The topological polar surface area (TPSA) is 108 Å². The van der Waals surface area contributed by atoms with E-state index in [0.717, 1.165) is 5.56 Å². The van der Waals surface area contributed by atoms with Crippen molar-refractivity contribution < 1.29 is 19.6 Å². The lowest BCUT2D eigenvalue weighted by molar-refractivity contribution is -0.142. The third kappa shape index (κ3) is 7.32. The fourth-order valence-electron chi connectivity index (χ4n) is 2.91. The summed E-state index contributed by atoms with van der Waals surface area (Å²) in [4.78, 5) is 37.2. The maximum atomic E-state index is 12.7. The lowest BCUT2D eigenvalue weighted by Crippen LogP contribution is -2.50. The Hall–Kier alpha value is -1.90. The molecule has 0 bridgehead atoms. The zero-order chi connectivity index (χ0) is 20.4. The third-order valence-corrected chi connectivity index (χ3v) is 4.78. The molecule has 3 amide bonds. The molecule has 2 unspecified atom stereocenters. The number of amides is 3. The average Bonchev–Trinajstić information content (AvgIpc) is 2.65. The molecule has 0 heterocycles. The maximum Gasteiger partial charge on any atom is 0.248 e. The van der Waals surface area contributed by atoms with Crippen LogP contribution in [0.15, 0.2) is 30.3 Å². The first-order chi connectivity index (χ1) is 12.8. The van der Waals surface area contributed by atoms with Crippen LogP contribution < -0.4 is 16.1 Å². The van der Waals surface area contributed by atoms with Crippen LogP contribution >= 0.6 is 12.6 Å². The van der Waals surface area contributed by atoms with E-state index in [2.05, 4.69) is 23.3 Å². The minimum absolute atomic E-state index is 0.0743. The number of carbonyl (C=O) groups is 3. The first-order valence-corrected chi connectivity index (χ1v) is 9.57. The van der Waals surface area contributed by atoms with Crippen molar-refractivity contribution in [3.8, 4) is 0 Å². The minimum atomic E-state index is -0.837. The fraction of sp³-hybridized carbons (Fsp3) is 0.526. The Kier molecular flexibility index (Phi) is 10.1. The van der Waals surface area contributed by atoms with Gasteiger partial charge < -0.3 is 5.32 Å². The van der Waals surface area contributed by atoms with Gasteiger partial charge in [0.2, 0.25) is 17.7 Å². The van der Waals surface area contributed by atoms with E-state index in [1.165, 1.54) is 0 Å². The van der Waals surface area contributed by atoms with Crippen molar-refractivity contribution in [2.75, 3.05) is 12.8 Å². The number of likely N-dealkylation sites (N-methyl/N-ethyl adjacent to an activating group) is 1. The lowest BCUT2D eigenvalue weighted by atomic mass is 9.85. The van der Waals surface area contributed by atoms with E-state index in [1.54, 1.807) is 12.5 Å². The van der Waals surface area contributed by atoms with Gasteiger partial charge in [0.25, 0.3) is 0 Å². The largest absolute Gasteiger partial charge is 0.309 e. The number of imide groups is 1. The first kappa shape index (κ1) is 23.1. The Bertz CT molecular complexity index is 625. The SMILES string of the molecule is CN[C@@H](Cc1ccccc1)C(=O)NC(=O)C(CC(C)C)C(CS)C(=O)NO. The minimum Gasteiger partial charge on any atom is -0.309 e. The highest BCUT2D eigenvalue weighted by atomic mass is 32.1. The first-order valence-electron chi connectivity index (χ1n) is 8.94. The van der Waals surface area contributed by atoms with Crippen molar-refractivity contribution in [2.45, 2.75) is 32.7 Å². The summed E-state index contributed by atoms with van der Waals surface area (Å²) in [5.41, 5.74) is 2.54. The number of nitrogens with one attached hydrogen (secondary N) is 3. The van der Waals surface area contributed by atoms with Crippen molar-refractivity contribution in [2.24, 2.45) is 17.8 Å². The average molecular weight is 396 g/mol. The standard InChI is InChI=1S/C19H29N3O4S/c1-12(2)9-14(15(11-27)18(24)22-26)17(23)21-19(25)16(20-3)10-13-7-5-4-6-8-13/h4-8,12,14-16,20,26-27H,9-11H2,1-3H3,(H,22,24)(H,21,23,25)/t14?,15?,16-/m0/s1. The molecule has 0 spiro atoms. The van der Waals surface area contributed by atoms with Gasteiger partial charge in [0, 0.05) is 5.75 Å². The predicted octanol–water partition coefficient (Wildman–Crippen LogP) is 1.17. The number of thiol groups is 1. The molecule has 1 aromatic carbocycles. The molecular weight excluding hydrogens is 366 g/mol. The van der Waals surface area contributed by atoms with Gasteiger partial charge in [-0.25, -0.2) is 5.48 Å². The summed E-state index contributed by atoms with van der Waals surface area (Å²) in [5, 5.41) is 14.3. The van der Waals surface area contributed by atoms with Crippen molar-refractivity contribution >= 4 is 30.4 Å². The second kappa shape index (κ2) is 11.7. The lowest BCUT2D eigenvalue weighted by Gasteiger charge is -2.25. The second-order valence-electron chi connectivity index (χ2n) is 6.89. The Labute approximate surface area is 165 Å². The molecule has 0 saturated carbocycles. The highest BCUT2D eigenvalue weighted by Gasteiger charge is 2.34. The third-order valence-electron chi connectivity index (χ3n) is 4.39. The van der Waals surface area contributed by atoms with Crippen LogP contribution in [0.1, 0.15) is 25.8 Å². The van der Waals surface area contributed by atoms with Crippen molar-refractivity contribution in [3.05, 3.63) is 35.9 Å². The van der Waals surface area contributed by atoms with E-state index < -0.39 is 35.6 Å². The van der Waals surface area contributed by atoms with Gasteiger partial charge in [-0.1, -0.05) is 44.2 Å². The number of benzene rings is 1. The number of hydrogen-bond donors (Lipinski definition) is 5. The van der Waals surface area contributed by atoms with Crippen molar-refractivity contribution in [1.29, 1.82) is 0 Å². The summed E-state index contributed by atoms with van der Waals surface area (Å²) < 4.78 is 0. The zero-order valence-corrected chi connectivity index (χ0v) is 16.8. The summed E-state index contributed by atoms with van der Waals surface area (Å²) in [6, 6.07) is 8.88. The molecule has 150 valence electrons. The molecule has 27 heavy (non-hydrogen) atoms. The number of rotatable bonds is 10. The maximum absolute atomic E-state index is 12.7. The quantitative estimate of drug-likeness (QED) is 0.232. The molecule has 0 radical (unpaired) electrons. The zero-order valence-electron chi connectivity index (χ0n) is 15.9. The van der Waals surface area contributed by atoms with Crippen LogP contribution in [-0.4, -0.2) is 41.8 Å². The molecule has 4 N–H and O–H groups in total. The molecule has 0 aliphatic heterocycles. The Balaban J connectivity index is 2.88. The van der Waals surface area contributed by atoms with Crippen LogP contribution in [0.3, 0.4) is 0 Å². The van der Waals surface area contributed by atoms with E-state index in [1.807, 2.05) is 44.2 Å². The predicted molar refractivity (Wildman–Crippen MR) is 106 cm³/mol. The smallest absolute Gasteiger partial charge is 0.248 e. The molecular formula is C19H29N3O4S. The van der Waals surface area contributed by atoms with Gasteiger partial charge in [-0.05, 0) is 31.4 Å². The van der Waals surface area contributed by atoms with Gasteiger partial charge in [0.05, 0.1) is 17.9 Å². The Morgan fingerprint density at radius 2 is 1.67 bits per heavy atom. The van der Waals surface area contributed by atoms with Gasteiger partial charge >= 0.3 is 0 Å². The molecule has 7 nitrogen and oxygen atoms in total. The highest BCUT2D eigenvalue weighted by Crippen LogP contribution is 2.23. The van der Waals surface area contributed by atoms with Crippen LogP contribution in [0, 0.1) is 17.8 Å². The van der Waals surface area contributed by atoms with E-state index in [4.69, 9.17) is 5.21 Å². The molecule has 0 aromatic heterocycles. The second-order valence-corrected chi connectivity index (χ2v) is 7.25. The van der Waals surface area contributed by atoms with E-state index in [0.29, 0.717) is 12.8 Å². The van der Waals surface area contributed by atoms with E-state index >= 15 is 0 Å². The molecule has 8 heteroatoms. The molecule has 1 rings (SSSR count). The summed E-state index contributed by atoms with van der Waals surface area (Å²) >= 11 is 4.13. The van der Waals surface area contributed by atoms with Crippen LogP contribution in [0.5, 0.6) is 0 Å². The van der Waals surface area contributed by atoms with E-state index in [9.17, 15) is 14.4 Å². The van der Waals surface area contributed by atoms with Crippen LogP contribution in [0.25, 0.3) is 0 Å². The van der Waals surface area contributed by atoms with Gasteiger partial charge in [0.15, 0.2) is 0 Å². The summed E-state index contributed by atoms with van der Waals surface area (Å²) in [5.74, 6) is -3.09. The number of hydrogen-bond acceptors (Lipinski definition) is 6. The fourth-order valence-corrected chi connectivity index (χ4v) is 3.33. The molecule has 0 fully saturated rings. The van der Waals surface area contributed by atoms with Crippen LogP contribution in [0.4, 0.5) is 0 Å². The summed E-state index contributed by atoms with van der Waals surface area (Å²) in [6.07, 6.45) is 0.819. The monoisotopic (exact) mass is 395 g/mol. The molecule has 0 saturated heterocycles. The highest BCUT2D eigenvalue weighted by molar-refractivity contribution is 7.80. The number of hydroxylamine groups is 1. The van der Waals surface area contributed by atoms with Gasteiger partial charge in [-0.15, -0.1) is 0 Å². The van der Waals surface area contributed by atoms with E-state index in [-0.39, 0.29) is 11.7 Å². The summed E-state index contributed by atoms with van der Waals surface area (Å²) in [6.45, 7) is 3.83. The van der Waals surface area contributed by atoms with Crippen LogP contribution in [0.2, 0.25) is 0 Å². The Morgan fingerprint density at radius 3 is 2.15 bits per heavy atom. The summed E-state index contributed by atoms with van der Waals surface area (Å²) in [7, 11) is 1.65. The van der Waals surface area contributed by atoms with Gasteiger partial charge in [0.1, 0.15) is 0 Å².